The molecule has 3 aromatic carbocycles. The molecule has 0 radical (unpaired) electrons. The fraction of sp³-hybridized carbons (Fsp3) is 0.0769. The summed E-state index contributed by atoms with van der Waals surface area (Å²) in [5.41, 5.74) is 3.34. The van der Waals surface area contributed by atoms with Crippen LogP contribution in [0.5, 0.6) is 5.75 Å². The summed E-state index contributed by atoms with van der Waals surface area (Å²) < 4.78 is 0. The molecule has 0 atom stereocenters. The average molecular weight is 454 g/mol. The van der Waals surface area contributed by atoms with E-state index in [-0.39, 0.29) is 17.9 Å². The molecule has 0 saturated heterocycles. The van der Waals surface area contributed by atoms with Gasteiger partial charge in [-0.15, -0.1) is 0 Å². The number of hydrogen-bond acceptors (Lipinski definition) is 6. The lowest BCUT2D eigenvalue weighted by Gasteiger charge is -2.11. The molecule has 0 aliphatic rings. The highest BCUT2D eigenvalue weighted by Gasteiger charge is 2.12. The summed E-state index contributed by atoms with van der Waals surface area (Å²) in [5, 5.41) is 24.9. The summed E-state index contributed by atoms with van der Waals surface area (Å²) in [6.45, 7) is 1.81. The number of anilines is 3. The molecule has 1 amide bonds. The van der Waals surface area contributed by atoms with Crippen LogP contribution < -0.4 is 10.6 Å². The second-order valence-electron chi connectivity index (χ2n) is 7.63. The Balaban J connectivity index is 1.53. The molecule has 4 aromatic rings. The fourth-order valence-corrected chi connectivity index (χ4v) is 3.44. The summed E-state index contributed by atoms with van der Waals surface area (Å²) in [7, 11) is 0. The van der Waals surface area contributed by atoms with E-state index in [1.807, 2.05) is 43.3 Å². The van der Waals surface area contributed by atoms with Gasteiger partial charge in [-0.1, -0.05) is 42.5 Å². The number of hydrogen-bond donors (Lipinski definition) is 4. The van der Waals surface area contributed by atoms with Crippen molar-refractivity contribution in [3.05, 3.63) is 95.8 Å². The van der Waals surface area contributed by atoms with Gasteiger partial charge in [-0.3, -0.25) is 9.59 Å². The Hall–Kier alpha value is -4.72. The number of nitrogens with one attached hydrogen (secondary N) is 2. The lowest BCUT2D eigenvalue weighted by atomic mass is 10.1. The molecule has 0 saturated carbocycles. The number of aromatic hydroxyl groups is 1. The Labute approximate surface area is 196 Å². The minimum absolute atomic E-state index is 0.140. The van der Waals surface area contributed by atoms with Crippen LogP contribution in [0.15, 0.2) is 78.9 Å². The van der Waals surface area contributed by atoms with Crippen molar-refractivity contribution in [1.29, 1.82) is 0 Å². The molecule has 1 aromatic heterocycles. The number of carboxylic acids is 1. The van der Waals surface area contributed by atoms with Gasteiger partial charge in [0, 0.05) is 22.9 Å². The zero-order valence-corrected chi connectivity index (χ0v) is 18.3. The summed E-state index contributed by atoms with van der Waals surface area (Å²) in [6, 6.07) is 22.7. The summed E-state index contributed by atoms with van der Waals surface area (Å²) in [5.74, 6) is -0.411. The van der Waals surface area contributed by atoms with Crippen molar-refractivity contribution in [3.8, 4) is 17.0 Å². The molecule has 34 heavy (non-hydrogen) atoms. The summed E-state index contributed by atoms with van der Waals surface area (Å²) in [6.07, 6.45) is -0.216. The van der Waals surface area contributed by atoms with Crippen LogP contribution in [0.25, 0.3) is 11.3 Å². The molecule has 8 heteroatoms. The van der Waals surface area contributed by atoms with Gasteiger partial charge in [0.25, 0.3) is 5.91 Å². The predicted molar refractivity (Wildman–Crippen MR) is 129 cm³/mol. The van der Waals surface area contributed by atoms with Crippen LogP contribution in [0.1, 0.15) is 21.7 Å². The van der Waals surface area contributed by atoms with E-state index in [0.29, 0.717) is 28.5 Å². The van der Waals surface area contributed by atoms with E-state index in [1.54, 1.807) is 24.3 Å². The number of amides is 1. The van der Waals surface area contributed by atoms with E-state index in [2.05, 4.69) is 20.6 Å². The van der Waals surface area contributed by atoms with Gasteiger partial charge >= 0.3 is 5.97 Å². The molecule has 0 unspecified atom stereocenters. The van der Waals surface area contributed by atoms with E-state index in [9.17, 15) is 14.7 Å². The Morgan fingerprint density at radius 3 is 2.47 bits per heavy atom. The minimum atomic E-state index is -1.00. The summed E-state index contributed by atoms with van der Waals surface area (Å²) in [4.78, 5) is 32.7. The van der Waals surface area contributed by atoms with Crippen LogP contribution in [-0.2, 0) is 11.2 Å². The number of benzene rings is 3. The molecule has 0 aliphatic heterocycles. The summed E-state index contributed by atoms with van der Waals surface area (Å²) >= 11 is 0. The van der Waals surface area contributed by atoms with E-state index < -0.39 is 11.9 Å². The van der Waals surface area contributed by atoms with Crippen LogP contribution in [-0.4, -0.2) is 32.1 Å². The van der Waals surface area contributed by atoms with E-state index in [4.69, 9.17) is 5.11 Å². The zero-order chi connectivity index (χ0) is 24.1. The van der Waals surface area contributed by atoms with Crippen LogP contribution in [0.3, 0.4) is 0 Å². The van der Waals surface area contributed by atoms with Crippen LogP contribution in [0.2, 0.25) is 0 Å². The number of phenolic OH excluding ortho intramolecular Hbond substituents is 1. The first-order valence-electron chi connectivity index (χ1n) is 10.5. The van der Waals surface area contributed by atoms with Crippen LogP contribution in [0.4, 0.5) is 17.2 Å². The first-order chi connectivity index (χ1) is 16.4. The second kappa shape index (κ2) is 9.83. The molecular weight excluding hydrogens is 432 g/mol. The molecule has 4 N–H and O–H groups in total. The van der Waals surface area contributed by atoms with Crippen molar-refractivity contribution in [2.45, 2.75) is 13.3 Å². The standard InChI is InChI=1S/C26H22N4O4/c1-16-27-21(18-6-3-2-4-7-18)15-24(28-16)29-20-9-5-8-19(14-20)26(34)30-22-12-17(13-25(32)33)10-11-23(22)31/h2-12,14-15,31H,13H2,1H3,(H,30,34)(H,32,33)(H,27,28,29). The molecule has 0 bridgehead atoms. The molecular formula is C26H22N4O4. The van der Waals surface area contributed by atoms with Crippen LogP contribution >= 0.6 is 0 Å². The maximum atomic E-state index is 12.8. The van der Waals surface area contributed by atoms with Gasteiger partial charge in [0.15, 0.2) is 0 Å². The van der Waals surface area contributed by atoms with Crippen molar-refractivity contribution in [1.82, 2.24) is 9.97 Å². The maximum Gasteiger partial charge on any atom is 0.307 e. The number of carbonyl (C=O) groups excluding carboxylic acids is 1. The third-order valence-corrected chi connectivity index (χ3v) is 4.97. The van der Waals surface area contributed by atoms with Gasteiger partial charge in [0.1, 0.15) is 17.4 Å². The highest BCUT2D eigenvalue weighted by atomic mass is 16.4. The normalized spacial score (nSPS) is 10.5. The third kappa shape index (κ3) is 5.55. The largest absolute Gasteiger partial charge is 0.506 e. The SMILES string of the molecule is Cc1nc(Nc2cccc(C(=O)Nc3cc(CC(=O)O)ccc3O)c2)cc(-c2ccccc2)n1. The maximum absolute atomic E-state index is 12.8. The monoisotopic (exact) mass is 454 g/mol. The smallest absolute Gasteiger partial charge is 0.307 e. The molecule has 0 spiro atoms. The van der Waals surface area contributed by atoms with Crippen molar-refractivity contribution < 1.29 is 19.8 Å². The molecule has 8 nitrogen and oxygen atoms in total. The number of carbonyl (C=O) groups is 2. The Bertz CT molecular complexity index is 1360. The van der Waals surface area contributed by atoms with Crippen molar-refractivity contribution in [2.75, 3.05) is 10.6 Å². The minimum Gasteiger partial charge on any atom is -0.506 e. The van der Waals surface area contributed by atoms with Crippen LogP contribution in [0, 0.1) is 6.92 Å². The molecule has 1 heterocycles. The van der Waals surface area contributed by atoms with Crippen molar-refractivity contribution >= 4 is 29.1 Å². The Morgan fingerprint density at radius 2 is 1.71 bits per heavy atom. The number of rotatable bonds is 7. The predicted octanol–water partition coefficient (Wildman–Crippen LogP) is 4.78. The Kier molecular flexibility index (Phi) is 6.49. The number of aromatic nitrogens is 2. The lowest BCUT2D eigenvalue weighted by molar-refractivity contribution is -0.136. The third-order valence-electron chi connectivity index (χ3n) is 4.97. The number of nitrogens with zero attached hydrogens (tertiary/aromatic N) is 2. The second-order valence-corrected chi connectivity index (χ2v) is 7.63. The lowest BCUT2D eigenvalue weighted by Crippen LogP contribution is -2.13. The topological polar surface area (TPSA) is 124 Å². The van der Waals surface area contributed by atoms with Gasteiger partial charge in [0.2, 0.25) is 0 Å². The number of aryl methyl sites for hydroxylation is 1. The molecule has 0 aliphatic carbocycles. The van der Waals surface area contributed by atoms with Gasteiger partial charge in [-0.05, 0) is 42.8 Å². The average Bonchev–Trinajstić information content (AvgIpc) is 2.81. The highest BCUT2D eigenvalue weighted by Crippen LogP contribution is 2.26. The Morgan fingerprint density at radius 1 is 0.912 bits per heavy atom. The van der Waals surface area contributed by atoms with Gasteiger partial charge < -0.3 is 20.8 Å². The molecule has 0 fully saturated rings. The number of aliphatic carboxylic acids is 1. The molecule has 170 valence electrons. The van der Waals surface area contributed by atoms with E-state index >= 15 is 0 Å². The first-order valence-corrected chi connectivity index (χ1v) is 10.5. The fourth-order valence-electron chi connectivity index (χ4n) is 3.44. The van der Waals surface area contributed by atoms with Gasteiger partial charge in [0.05, 0.1) is 17.8 Å². The van der Waals surface area contributed by atoms with Crippen molar-refractivity contribution in [2.24, 2.45) is 0 Å². The molecule has 4 rings (SSSR count). The van der Waals surface area contributed by atoms with E-state index in [1.165, 1.54) is 18.2 Å². The van der Waals surface area contributed by atoms with Gasteiger partial charge in [-0.25, -0.2) is 9.97 Å². The number of carboxylic acid groups (broad SMARTS) is 1. The first kappa shape index (κ1) is 22.5. The quantitative estimate of drug-likeness (QED) is 0.296. The highest BCUT2D eigenvalue weighted by molar-refractivity contribution is 6.05. The van der Waals surface area contributed by atoms with Gasteiger partial charge in [-0.2, -0.15) is 0 Å². The number of phenols is 1. The van der Waals surface area contributed by atoms with Crippen molar-refractivity contribution in [3.63, 3.8) is 0 Å². The zero-order valence-electron chi connectivity index (χ0n) is 18.3. The van der Waals surface area contributed by atoms with E-state index in [0.717, 1.165) is 11.3 Å².